The molecule has 2 heterocycles. The molecule has 2 aromatic rings. The van der Waals surface area contributed by atoms with E-state index in [1.165, 1.54) is 43.5 Å². The molecule has 0 saturated carbocycles. The van der Waals surface area contributed by atoms with E-state index in [-0.39, 0.29) is 6.10 Å². The van der Waals surface area contributed by atoms with Crippen molar-refractivity contribution >= 4 is 17.3 Å². The van der Waals surface area contributed by atoms with Crippen molar-refractivity contribution in [1.82, 2.24) is 4.90 Å². The lowest BCUT2D eigenvalue weighted by Crippen LogP contribution is -2.34. The van der Waals surface area contributed by atoms with E-state index in [1.54, 1.807) is 0 Å². The molecule has 1 saturated heterocycles. The van der Waals surface area contributed by atoms with Crippen LogP contribution in [0.15, 0.2) is 59.8 Å². The Kier molecular flexibility index (Phi) is 6.10. The van der Waals surface area contributed by atoms with Gasteiger partial charge in [0.1, 0.15) is 6.10 Å². The standard InChI is InChI=1S/C23H27ClN2O/c24-21-10-8-18(9-11-21)19-12-15-26(16-13-19)14-4-7-22-17-23(25-27-22)20-5-2-1-3-6-20/h1-3,5-6,8-11,19,22H,4,7,12-17H2. The number of likely N-dealkylation sites (tertiary alicyclic amines) is 1. The first-order valence-electron chi connectivity index (χ1n) is 10.0. The SMILES string of the molecule is Clc1ccc(C2CCN(CCCC3CC(c4ccccc4)=NO3)CC2)cc1. The molecule has 2 aliphatic heterocycles. The summed E-state index contributed by atoms with van der Waals surface area (Å²) >= 11 is 6.00. The van der Waals surface area contributed by atoms with Gasteiger partial charge in [0.05, 0.1) is 5.71 Å². The molecule has 0 amide bonds. The van der Waals surface area contributed by atoms with Gasteiger partial charge in [0, 0.05) is 11.4 Å². The van der Waals surface area contributed by atoms with E-state index >= 15 is 0 Å². The van der Waals surface area contributed by atoms with E-state index in [0.717, 1.165) is 30.1 Å². The lowest BCUT2D eigenvalue weighted by Gasteiger charge is -2.32. The fourth-order valence-electron chi connectivity index (χ4n) is 4.15. The summed E-state index contributed by atoms with van der Waals surface area (Å²) in [5.74, 6) is 0.679. The van der Waals surface area contributed by atoms with E-state index in [0.29, 0.717) is 5.92 Å². The number of piperidine rings is 1. The highest BCUT2D eigenvalue weighted by Crippen LogP contribution is 2.29. The van der Waals surface area contributed by atoms with E-state index < -0.39 is 0 Å². The Labute approximate surface area is 167 Å². The summed E-state index contributed by atoms with van der Waals surface area (Å²) in [4.78, 5) is 8.25. The van der Waals surface area contributed by atoms with Crippen molar-refractivity contribution in [2.75, 3.05) is 19.6 Å². The van der Waals surface area contributed by atoms with Crippen molar-refractivity contribution in [3.63, 3.8) is 0 Å². The average Bonchev–Trinajstić information content (AvgIpc) is 3.19. The van der Waals surface area contributed by atoms with Gasteiger partial charge >= 0.3 is 0 Å². The number of rotatable bonds is 6. The van der Waals surface area contributed by atoms with Crippen molar-refractivity contribution in [3.05, 3.63) is 70.7 Å². The molecule has 0 aromatic heterocycles. The van der Waals surface area contributed by atoms with Crippen LogP contribution < -0.4 is 0 Å². The van der Waals surface area contributed by atoms with Crippen LogP contribution >= 0.6 is 11.6 Å². The van der Waals surface area contributed by atoms with E-state index in [1.807, 2.05) is 18.2 Å². The van der Waals surface area contributed by atoms with Gasteiger partial charge in [-0.2, -0.15) is 0 Å². The Morgan fingerprint density at radius 3 is 2.48 bits per heavy atom. The molecule has 4 rings (SSSR count). The Balaban J connectivity index is 1.16. The van der Waals surface area contributed by atoms with Gasteiger partial charge < -0.3 is 9.74 Å². The minimum atomic E-state index is 0.242. The minimum Gasteiger partial charge on any atom is -0.392 e. The number of hydrogen-bond donors (Lipinski definition) is 0. The zero-order valence-corrected chi connectivity index (χ0v) is 16.4. The molecule has 0 spiro atoms. The second-order valence-corrected chi connectivity index (χ2v) is 8.08. The van der Waals surface area contributed by atoms with Gasteiger partial charge in [-0.3, -0.25) is 0 Å². The third-order valence-corrected chi connectivity index (χ3v) is 6.02. The molecule has 0 N–H and O–H groups in total. The molecular formula is C23H27ClN2O. The van der Waals surface area contributed by atoms with Crippen LogP contribution in [0.1, 0.15) is 49.1 Å². The van der Waals surface area contributed by atoms with Crippen LogP contribution in [-0.4, -0.2) is 36.3 Å². The molecule has 1 unspecified atom stereocenters. The molecule has 3 nitrogen and oxygen atoms in total. The van der Waals surface area contributed by atoms with Crippen molar-refractivity contribution in [2.45, 2.75) is 44.1 Å². The van der Waals surface area contributed by atoms with E-state index in [4.69, 9.17) is 16.4 Å². The summed E-state index contributed by atoms with van der Waals surface area (Å²) in [7, 11) is 0. The summed E-state index contributed by atoms with van der Waals surface area (Å²) in [6.45, 7) is 3.53. The predicted molar refractivity (Wildman–Crippen MR) is 112 cm³/mol. The normalized spacial score (nSPS) is 21.1. The van der Waals surface area contributed by atoms with Crippen LogP contribution in [0.2, 0.25) is 5.02 Å². The monoisotopic (exact) mass is 382 g/mol. The fraction of sp³-hybridized carbons (Fsp3) is 0.435. The van der Waals surface area contributed by atoms with Gasteiger partial charge in [0.25, 0.3) is 0 Å². The first-order chi connectivity index (χ1) is 13.3. The van der Waals surface area contributed by atoms with Gasteiger partial charge in [0.15, 0.2) is 0 Å². The first-order valence-corrected chi connectivity index (χ1v) is 10.4. The van der Waals surface area contributed by atoms with Crippen molar-refractivity contribution in [1.29, 1.82) is 0 Å². The highest BCUT2D eigenvalue weighted by atomic mass is 35.5. The summed E-state index contributed by atoms with van der Waals surface area (Å²) in [6.07, 6.45) is 5.91. The first kappa shape index (κ1) is 18.5. The van der Waals surface area contributed by atoms with Crippen LogP contribution in [0, 0.1) is 0 Å². The maximum absolute atomic E-state index is 6.00. The van der Waals surface area contributed by atoms with Crippen LogP contribution in [-0.2, 0) is 4.84 Å². The number of hydrogen-bond acceptors (Lipinski definition) is 3. The van der Waals surface area contributed by atoms with Gasteiger partial charge in [-0.25, -0.2) is 0 Å². The average molecular weight is 383 g/mol. The van der Waals surface area contributed by atoms with Gasteiger partial charge in [-0.1, -0.05) is 59.2 Å². The molecule has 142 valence electrons. The van der Waals surface area contributed by atoms with E-state index in [2.05, 4.69) is 46.5 Å². The van der Waals surface area contributed by atoms with Crippen LogP contribution in [0.4, 0.5) is 0 Å². The van der Waals surface area contributed by atoms with Crippen LogP contribution in [0.5, 0.6) is 0 Å². The zero-order chi connectivity index (χ0) is 18.5. The second-order valence-electron chi connectivity index (χ2n) is 7.65. The molecule has 0 radical (unpaired) electrons. The Morgan fingerprint density at radius 2 is 1.74 bits per heavy atom. The Morgan fingerprint density at radius 1 is 1.00 bits per heavy atom. The molecule has 27 heavy (non-hydrogen) atoms. The third kappa shape index (κ3) is 4.91. The molecule has 0 bridgehead atoms. The maximum Gasteiger partial charge on any atom is 0.133 e. The quantitative estimate of drug-likeness (QED) is 0.659. The third-order valence-electron chi connectivity index (χ3n) is 5.77. The number of halogens is 1. The Hall–Kier alpha value is -1.84. The van der Waals surface area contributed by atoms with Crippen molar-refractivity contribution in [3.8, 4) is 0 Å². The smallest absolute Gasteiger partial charge is 0.133 e. The highest BCUT2D eigenvalue weighted by Gasteiger charge is 2.23. The number of nitrogens with zero attached hydrogens (tertiary/aromatic N) is 2. The van der Waals surface area contributed by atoms with Crippen LogP contribution in [0.25, 0.3) is 0 Å². The van der Waals surface area contributed by atoms with Gasteiger partial charge in [-0.05, 0) is 74.5 Å². The fourth-order valence-corrected chi connectivity index (χ4v) is 4.28. The molecule has 2 aromatic carbocycles. The molecule has 4 heteroatoms. The zero-order valence-electron chi connectivity index (χ0n) is 15.7. The molecule has 1 atom stereocenters. The highest BCUT2D eigenvalue weighted by molar-refractivity contribution is 6.30. The van der Waals surface area contributed by atoms with Gasteiger partial charge in [0.2, 0.25) is 0 Å². The molecule has 0 aliphatic carbocycles. The predicted octanol–water partition coefficient (Wildman–Crippen LogP) is 5.49. The van der Waals surface area contributed by atoms with Crippen molar-refractivity contribution < 1.29 is 4.84 Å². The number of oxime groups is 1. The largest absolute Gasteiger partial charge is 0.392 e. The minimum absolute atomic E-state index is 0.242. The van der Waals surface area contributed by atoms with Gasteiger partial charge in [-0.15, -0.1) is 0 Å². The molecular weight excluding hydrogens is 356 g/mol. The molecule has 2 aliphatic rings. The lowest BCUT2D eigenvalue weighted by molar-refractivity contribution is 0.0737. The topological polar surface area (TPSA) is 24.8 Å². The summed E-state index contributed by atoms with van der Waals surface area (Å²) in [5.41, 5.74) is 3.71. The van der Waals surface area contributed by atoms with Crippen molar-refractivity contribution in [2.24, 2.45) is 5.16 Å². The summed E-state index contributed by atoms with van der Waals surface area (Å²) in [6, 6.07) is 18.7. The lowest BCUT2D eigenvalue weighted by atomic mass is 9.89. The summed E-state index contributed by atoms with van der Waals surface area (Å²) < 4.78 is 0. The second kappa shape index (κ2) is 8.90. The maximum atomic E-state index is 6.00. The van der Waals surface area contributed by atoms with E-state index in [9.17, 15) is 0 Å². The Bertz CT molecular complexity index is 752. The number of benzene rings is 2. The molecule has 1 fully saturated rings. The van der Waals surface area contributed by atoms with Crippen LogP contribution in [0.3, 0.4) is 0 Å². The summed E-state index contributed by atoms with van der Waals surface area (Å²) in [5, 5.41) is 5.12.